The van der Waals surface area contributed by atoms with E-state index >= 15 is 4.39 Å². The van der Waals surface area contributed by atoms with Crippen molar-refractivity contribution in [1.29, 1.82) is 0 Å². The van der Waals surface area contributed by atoms with Crippen molar-refractivity contribution >= 4 is 58.3 Å². The second kappa shape index (κ2) is 37.0. The molecule has 7 rings (SSSR count). The van der Waals surface area contributed by atoms with Gasteiger partial charge in [0.2, 0.25) is 35.4 Å². The Hall–Kier alpha value is -7.91. The summed E-state index contributed by atoms with van der Waals surface area (Å²) in [5, 5.41) is 36.0. The van der Waals surface area contributed by atoms with Crippen LogP contribution in [0.15, 0.2) is 47.3 Å². The Kier molecular flexibility index (Phi) is 28.7. The number of aryl methyl sites for hydroxylation is 1. The minimum absolute atomic E-state index is 0.0308. The number of amides is 6. The Morgan fingerprint density at radius 3 is 1.84 bits per heavy atom. The molecule has 2 aromatic carbocycles. The fraction of sp³-hybridized carbons (Fsp3) is 0.548. The number of benzene rings is 2. The quantitative estimate of drug-likeness (QED) is 0.0142. The molecule has 92 heavy (non-hydrogen) atoms. The van der Waals surface area contributed by atoms with E-state index in [1.54, 1.807) is 50.2 Å². The number of aliphatic carboxylic acids is 1. The van der Waals surface area contributed by atoms with E-state index in [1.807, 2.05) is 0 Å². The van der Waals surface area contributed by atoms with E-state index in [0.717, 1.165) is 5.56 Å². The smallest absolute Gasteiger partial charge is 0.343 e. The highest BCUT2D eigenvalue weighted by Gasteiger charge is 2.46. The van der Waals surface area contributed by atoms with Crippen molar-refractivity contribution in [3.63, 3.8) is 0 Å². The van der Waals surface area contributed by atoms with Crippen LogP contribution < -0.4 is 37.5 Å². The maximum Gasteiger partial charge on any atom is 0.343 e. The summed E-state index contributed by atoms with van der Waals surface area (Å²) < 4.78 is 70.7. The second-order valence-corrected chi connectivity index (χ2v) is 21.4. The zero-order valence-corrected chi connectivity index (χ0v) is 51.6. The number of esters is 1. The van der Waals surface area contributed by atoms with Crippen molar-refractivity contribution in [2.45, 2.75) is 83.2 Å². The molecule has 30 heteroatoms. The second-order valence-electron chi connectivity index (χ2n) is 21.4. The van der Waals surface area contributed by atoms with Crippen LogP contribution in [-0.4, -0.2) is 212 Å². The van der Waals surface area contributed by atoms with E-state index in [4.69, 9.17) is 57.5 Å². The molecule has 502 valence electrons. The van der Waals surface area contributed by atoms with E-state index in [1.165, 1.54) is 10.6 Å². The highest BCUT2D eigenvalue weighted by molar-refractivity contribution is 5.95. The van der Waals surface area contributed by atoms with Gasteiger partial charge in [0, 0.05) is 35.4 Å². The van der Waals surface area contributed by atoms with Crippen molar-refractivity contribution in [2.75, 3.05) is 139 Å². The van der Waals surface area contributed by atoms with Gasteiger partial charge < -0.3 is 94.0 Å². The number of cyclic esters (lactones) is 1. The van der Waals surface area contributed by atoms with Crippen LogP contribution >= 0.6 is 0 Å². The number of nitrogens with zero attached hydrogens (tertiary/aromatic N) is 2. The lowest BCUT2D eigenvalue weighted by Crippen LogP contribution is -2.52. The third kappa shape index (κ3) is 21.1. The molecule has 0 unspecified atom stereocenters. The molecule has 0 bridgehead atoms. The molecule has 4 heterocycles. The maximum absolute atomic E-state index is 15.4. The minimum atomic E-state index is -2.06. The van der Waals surface area contributed by atoms with Crippen molar-refractivity contribution in [1.82, 2.24) is 41.5 Å². The zero-order valence-electron chi connectivity index (χ0n) is 51.6. The van der Waals surface area contributed by atoms with Crippen LogP contribution in [0.1, 0.15) is 77.6 Å². The first-order chi connectivity index (χ1) is 44.5. The Balaban J connectivity index is 0.730. The van der Waals surface area contributed by atoms with E-state index in [2.05, 4.69) is 31.9 Å². The van der Waals surface area contributed by atoms with E-state index in [-0.39, 0.29) is 76.4 Å². The van der Waals surface area contributed by atoms with Gasteiger partial charge in [0.15, 0.2) is 5.60 Å². The van der Waals surface area contributed by atoms with Crippen molar-refractivity contribution in [2.24, 2.45) is 0 Å². The van der Waals surface area contributed by atoms with Crippen LogP contribution in [0.5, 0.6) is 0 Å². The first-order valence-electron chi connectivity index (χ1n) is 30.4. The summed E-state index contributed by atoms with van der Waals surface area (Å²) in [7, 11) is 0. The zero-order chi connectivity index (χ0) is 65.8. The van der Waals surface area contributed by atoms with Gasteiger partial charge in [0.25, 0.3) is 5.56 Å². The number of nitrogens with one attached hydrogen (secondary N) is 6. The molecule has 1 aliphatic carbocycles. The van der Waals surface area contributed by atoms with Gasteiger partial charge in [-0.05, 0) is 54.5 Å². The van der Waals surface area contributed by atoms with E-state index in [0.29, 0.717) is 137 Å². The van der Waals surface area contributed by atoms with Gasteiger partial charge in [-0.2, -0.15) is 0 Å². The average molecular weight is 1290 g/mol. The Labute approximate surface area is 529 Å². The summed E-state index contributed by atoms with van der Waals surface area (Å²) >= 11 is 0. The molecular weight excluding hydrogens is 1210 g/mol. The number of fused-ring (bicyclic) bond motifs is 5. The van der Waals surface area contributed by atoms with Gasteiger partial charge in [-0.3, -0.25) is 38.4 Å². The lowest BCUT2D eigenvalue weighted by molar-refractivity contribution is -0.172. The Morgan fingerprint density at radius 2 is 1.24 bits per heavy atom. The molecule has 29 nitrogen and oxygen atoms in total. The molecule has 8 N–H and O–H groups in total. The Morgan fingerprint density at radius 1 is 0.685 bits per heavy atom. The summed E-state index contributed by atoms with van der Waals surface area (Å²) in [5.41, 5.74) is 1.80. The molecule has 0 spiro atoms. The summed E-state index contributed by atoms with van der Waals surface area (Å²) in [6.07, 6.45) is 0.657. The normalized spacial score (nSPS) is 15.6. The summed E-state index contributed by atoms with van der Waals surface area (Å²) in [5.74, 6) is -6.05. The number of carbonyl (C=O) groups excluding carboxylic acids is 7. The third-order valence-electron chi connectivity index (χ3n) is 15.1. The molecule has 0 fully saturated rings. The fourth-order valence-corrected chi connectivity index (χ4v) is 10.3. The number of halogens is 1. The van der Waals surface area contributed by atoms with Gasteiger partial charge in [-0.1, -0.05) is 37.3 Å². The lowest BCUT2D eigenvalue weighted by atomic mass is 9.81. The highest BCUT2D eigenvalue weighted by Crippen LogP contribution is 2.46. The summed E-state index contributed by atoms with van der Waals surface area (Å²) in [4.78, 5) is 120. The van der Waals surface area contributed by atoms with Crippen molar-refractivity contribution in [3.8, 4) is 11.4 Å². The predicted molar refractivity (Wildman–Crippen MR) is 322 cm³/mol. The highest BCUT2D eigenvalue weighted by atomic mass is 19.1. The first kappa shape index (κ1) is 71.5. The van der Waals surface area contributed by atoms with Crippen LogP contribution in [0.4, 0.5) is 4.39 Å². The molecule has 0 radical (unpaired) electrons. The number of hydrogen-bond donors (Lipinski definition) is 8. The van der Waals surface area contributed by atoms with Gasteiger partial charge >= 0.3 is 11.9 Å². The van der Waals surface area contributed by atoms with Crippen LogP contribution in [0.3, 0.4) is 0 Å². The molecule has 4 aromatic rings. The first-order valence-corrected chi connectivity index (χ1v) is 30.4. The molecule has 2 aromatic heterocycles. The van der Waals surface area contributed by atoms with E-state index in [9.17, 15) is 48.3 Å². The van der Waals surface area contributed by atoms with Crippen molar-refractivity contribution < 1.29 is 100 Å². The number of carbonyl (C=O) groups is 8. The van der Waals surface area contributed by atoms with Crippen LogP contribution in [0.2, 0.25) is 0 Å². The molecule has 0 saturated heterocycles. The fourth-order valence-electron chi connectivity index (χ4n) is 10.3. The standard InChI is InChI=1S/C62H81FN8O21/c1-3-62(82)44-30-49-58-42(35-71(49)60(80)43(44)36-92-61(62)81)57-46(10-9-41-39(2)45(63)31-47(70-58)56(41)57)68-54(76)37-91-38-67-52(74)33-66-59(79)48(29-40-7-5-4-6-8-40)69-53(75)34-65-51(73)32-64-50(72)11-13-83-15-17-85-19-21-87-23-25-89-27-28-90-26-24-88-22-20-86-18-16-84-14-12-55(77)78/h4-8,30-31,46,48,82H,3,9-29,32-38H2,1-2H3,(H,64,72)(H,65,73)(H,66,79)(H,67,74)(H,68,76)(H,69,75)(H,77,78)/t46-,48+,62-/m1/s1. The molecule has 2 aliphatic heterocycles. The molecule has 6 amide bonds. The number of carboxylic acid groups (broad SMARTS) is 1. The van der Waals surface area contributed by atoms with Gasteiger partial charge in [0.05, 0.1) is 167 Å². The number of pyridine rings is 2. The molecule has 3 atom stereocenters. The van der Waals surface area contributed by atoms with Crippen LogP contribution in [0, 0.1) is 12.7 Å². The molecular formula is C62H81FN8O21. The van der Waals surface area contributed by atoms with Crippen LogP contribution in [-0.2, 0) is 117 Å². The maximum atomic E-state index is 15.4. The number of rotatable bonds is 43. The monoisotopic (exact) mass is 1290 g/mol. The number of hydrogen-bond acceptors (Lipinski definition) is 21. The van der Waals surface area contributed by atoms with E-state index < -0.39 is 109 Å². The largest absolute Gasteiger partial charge is 0.481 e. The number of carboxylic acids is 1. The minimum Gasteiger partial charge on any atom is -0.481 e. The number of ether oxygens (including phenoxy) is 10. The van der Waals surface area contributed by atoms with Gasteiger partial charge in [-0.15, -0.1) is 0 Å². The summed E-state index contributed by atoms with van der Waals surface area (Å²) in [6.45, 7) is 5.82. The van der Waals surface area contributed by atoms with Gasteiger partial charge in [-0.25, -0.2) is 14.2 Å². The predicted octanol–water partition coefficient (Wildman–Crippen LogP) is -0.205. The molecule has 3 aliphatic rings. The lowest BCUT2D eigenvalue weighted by Gasteiger charge is -2.31. The Bertz CT molecular complexity index is 3260. The molecule has 0 saturated carbocycles. The topological polar surface area (TPSA) is 376 Å². The summed E-state index contributed by atoms with van der Waals surface area (Å²) in [6, 6.07) is 9.82. The van der Waals surface area contributed by atoms with Crippen LogP contribution in [0.25, 0.3) is 22.3 Å². The van der Waals surface area contributed by atoms with Gasteiger partial charge in [0.1, 0.15) is 31.8 Å². The third-order valence-corrected chi connectivity index (χ3v) is 15.1. The number of aliphatic hydroxyl groups is 1. The average Bonchev–Trinajstić information content (AvgIpc) is 1.45. The SMILES string of the molecule is CC[C@]1(O)C(=O)OCc2c1cc1n(c2=O)Cc2c-1nc1cc(F)c(C)c3c1c2[C@H](NC(=O)COCNC(=O)CNC(=O)[C@H](Cc1ccccc1)NC(=O)CNC(=O)CNC(=O)CCOCCOCCOCCOCCOCCOCCOCCOCCC(=O)O)CC3. The van der Waals surface area contributed by atoms with Crippen molar-refractivity contribution in [3.05, 3.63) is 97.6 Å². The number of aromatic nitrogens is 2.